The van der Waals surface area contributed by atoms with E-state index >= 15 is 0 Å². The van der Waals surface area contributed by atoms with Gasteiger partial charge in [0.05, 0.1) is 0 Å². The molecule has 2 rings (SSSR count). The van der Waals surface area contributed by atoms with E-state index in [1.165, 1.54) is 12.8 Å². The van der Waals surface area contributed by atoms with E-state index < -0.39 is 0 Å². The maximum Gasteiger partial charge on any atom is 0.128 e. The number of piperidine rings is 1. The van der Waals surface area contributed by atoms with Crippen LogP contribution in [-0.4, -0.2) is 26.7 Å². The Kier molecular flexibility index (Phi) is 4.00. The molecule has 1 atom stereocenters. The minimum Gasteiger partial charge on any atom is -0.377 e. The molecule has 1 heterocycles. The minimum absolute atomic E-state index is 0.0800. The first-order valence-corrected chi connectivity index (χ1v) is 6.36. The third kappa shape index (κ3) is 2.97. The van der Waals surface area contributed by atoms with E-state index in [1.54, 1.807) is 12.1 Å². The van der Waals surface area contributed by atoms with Crippen LogP contribution in [0.2, 0.25) is 0 Å². The van der Waals surface area contributed by atoms with Crippen molar-refractivity contribution in [2.45, 2.75) is 31.7 Å². The highest BCUT2D eigenvalue weighted by Crippen LogP contribution is 2.24. The Balaban J connectivity index is 2.18. The fraction of sp³-hybridized carbons (Fsp3) is 0.571. The van der Waals surface area contributed by atoms with Gasteiger partial charge in [0, 0.05) is 31.4 Å². The van der Waals surface area contributed by atoms with E-state index in [0.29, 0.717) is 6.04 Å². The number of hydrogen-bond acceptors (Lipinski definition) is 2. The van der Waals surface area contributed by atoms with E-state index in [1.807, 2.05) is 25.1 Å². The van der Waals surface area contributed by atoms with E-state index in [0.717, 1.165) is 30.6 Å². The van der Waals surface area contributed by atoms with Crippen LogP contribution in [0.15, 0.2) is 18.2 Å². The van der Waals surface area contributed by atoms with Crippen molar-refractivity contribution in [2.24, 2.45) is 0 Å². The number of nitrogens with zero attached hydrogens (tertiary/aromatic N) is 1. The molecule has 2 nitrogen and oxygen atoms in total. The van der Waals surface area contributed by atoms with Crippen molar-refractivity contribution in [3.05, 3.63) is 29.6 Å². The van der Waals surface area contributed by atoms with Crippen LogP contribution in [0.1, 0.15) is 24.8 Å². The lowest BCUT2D eigenvalue weighted by molar-refractivity contribution is 0.395. The topological polar surface area (TPSA) is 15.3 Å². The maximum absolute atomic E-state index is 13.9. The van der Waals surface area contributed by atoms with Gasteiger partial charge in [-0.2, -0.15) is 0 Å². The first-order valence-electron chi connectivity index (χ1n) is 6.36. The van der Waals surface area contributed by atoms with E-state index in [4.69, 9.17) is 0 Å². The molecule has 94 valence electrons. The highest BCUT2D eigenvalue weighted by molar-refractivity contribution is 5.53. The lowest BCUT2D eigenvalue weighted by atomic mass is 9.96. The largest absolute Gasteiger partial charge is 0.377 e. The molecule has 0 radical (unpaired) electrons. The van der Waals surface area contributed by atoms with E-state index in [9.17, 15) is 4.39 Å². The van der Waals surface area contributed by atoms with E-state index in [2.05, 4.69) is 5.32 Å². The Labute approximate surface area is 103 Å². The third-order valence-electron chi connectivity index (χ3n) is 3.44. The molecule has 0 aromatic heterocycles. The molecule has 0 amide bonds. The summed E-state index contributed by atoms with van der Waals surface area (Å²) in [5.41, 5.74) is 1.84. The van der Waals surface area contributed by atoms with Gasteiger partial charge in [-0.1, -0.05) is 12.5 Å². The van der Waals surface area contributed by atoms with Gasteiger partial charge < -0.3 is 10.2 Å². The summed E-state index contributed by atoms with van der Waals surface area (Å²) in [5, 5.41) is 3.48. The van der Waals surface area contributed by atoms with Crippen molar-refractivity contribution in [3.63, 3.8) is 0 Å². The highest BCUT2D eigenvalue weighted by Gasteiger charge is 2.18. The van der Waals surface area contributed by atoms with Crippen LogP contribution in [0.3, 0.4) is 0 Å². The summed E-state index contributed by atoms with van der Waals surface area (Å²) in [4.78, 5) is 1.99. The molecule has 1 fully saturated rings. The number of anilines is 1. The molecule has 0 spiro atoms. The van der Waals surface area contributed by atoms with Crippen molar-refractivity contribution in [3.8, 4) is 0 Å². The van der Waals surface area contributed by atoms with Crippen molar-refractivity contribution in [2.75, 3.05) is 25.5 Å². The number of halogens is 1. The van der Waals surface area contributed by atoms with Crippen LogP contribution in [0.25, 0.3) is 0 Å². The van der Waals surface area contributed by atoms with Gasteiger partial charge in [0.25, 0.3) is 0 Å². The first kappa shape index (κ1) is 12.4. The van der Waals surface area contributed by atoms with Crippen LogP contribution in [-0.2, 0) is 6.42 Å². The highest BCUT2D eigenvalue weighted by atomic mass is 19.1. The molecule has 17 heavy (non-hydrogen) atoms. The predicted molar refractivity (Wildman–Crippen MR) is 70.1 cm³/mol. The van der Waals surface area contributed by atoms with Crippen LogP contribution in [0.5, 0.6) is 0 Å². The number of rotatable bonds is 3. The lowest BCUT2D eigenvalue weighted by Crippen LogP contribution is -2.36. The molecule has 3 heteroatoms. The molecule has 1 aliphatic heterocycles. The zero-order valence-corrected chi connectivity index (χ0v) is 10.7. The van der Waals surface area contributed by atoms with Crippen LogP contribution >= 0.6 is 0 Å². The Morgan fingerprint density at radius 2 is 2.18 bits per heavy atom. The van der Waals surface area contributed by atoms with E-state index in [-0.39, 0.29) is 5.82 Å². The molecule has 1 aromatic rings. The van der Waals surface area contributed by atoms with Gasteiger partial charge in [0.15, 0.2) is 0 Å². The SMILES string of the molecule is CN(C)c1cccc(F)c1CC1CCCCN1. The van der Waals surface area contributed by atoms with Gasteiger partial charge in [-0.15, -0.1) is 0 Å². The van der Waals surface area contributed by atoms with Crippen molar-refractivity contribution in [1.82, 2.24) is 5.32 Å². The van der Waals surface area contributed by atoms with Crippen LogP contribution < -0.4 is 10.2 Å². The van der Waals surface area contributed by atoms with Gasteiger partial charge >= 0.3 is 0 Å². The van der Waals surface area contributed by atoms with Gasteiger partial charge in [-0.25, -0.2) is 4.39 Å². The van der Waals surface area contributed by atoms with Crippen molar-refractivity contribution in [1.29, 1.82) is 0 Å². The molecule has 1 aliphatic rings. The summed E-state index contributed by atoms with van der Waals surface area (Å²) >= 11 is 0. The van der Waals surface area contributed by atoms with Gasteiger partial charge in [0.2, 0.25) is 0 Å². The summed E-state index contributed by atoms with van der Waals surface area (Å²) in [6.07, 6.45) is 4.44. The maximum atomic E-state index is 13.9. The third-order valence-corrected chi connectivity index (χ3v) is 3.44. The molecule has 1 unspecified atom stereocenters. The van der Waals surface area contributed by atoms with Crippen LogP contribution in [0.4, 0.5) is 10.1 Å². The summed E-state index contributed by atoms with van der Waals surface area (Å²) in [6.45, 7) is 1.07. The van der Waals surface area contributed by atoms with Gasteiger partial charge in [-0.3, -0.25) is 0 Å². The van der Waals surface area contributed by atoms with Crippen LogP contribution in [0, 0.1) is 5.82 Å². The number of hydrogen-bond donors (Lipinski definition) is 1. The molecule has 0 aliphatic carbocycles. The number of nitrogens with one attached hydrogen (secondary N) is 1. The quantitative estimate of drug-likeness (QED) is 0.867. The Bertz CT molecular complexity index is 370. The molecule has 0 bridgehead atoms. The monoisotopic (exact) mass is 236 g/mol. The Morgan fingerprint density at radius 1 is 1.35 bits per heavy atom. The lowest BCUT2D eigenvalue weighted by Gasteiger charge is -2.26. The van der Waals surface area contributed by atoms with Crippen molar-refractivity contribution < 1.29 is 4.39 Å². The standard InChI is InChI=1S/C14H21FN2/c1-17(2)14-8-5-7-13(15)12(14)10-11-6-3-4-9-16-11/h5,7-8,11,16H,3-4,6,9-10H2,1-2H3. The smallest absolute Gasteiger partial charge is 0.128 e. The average Bonchev–Trinajstić information content (AvgIpc) is 2.33. The molecular formula is C14H21FN2. The predicted octanol–water partition coefficient (Wildman–Crippen LogP) is 2.58. The Morgan fingerprint density at radius 3 is 2.82 bits per heavy atom. The summed E-state index contributed by atoms with van der Waals surface area (Å²) in [7, 11) is 3.93. The summed E-state index contributed by atoms with van der Waals surface area (Å²) in [5.74, 6) is -0.0800. The summed E-state index contributed by atoms with van der Waals surface area (Å²) in [6, 6.07) is 5.76. The molecular weight excluding hydrogens is 215 g/mol. The molecule has 1 saturated heterocycles. The average molecular weight is 236 g/mol. The normalized spacial score (nSPS) is 20.3. The Hall–Kier alpha value is -1.09. The molecule has 1 N–H and O–H groups in total. The first-order chi connectivity index (χ1) is 8.18. The molecule has 1 aromatic carbocycles. The van der Waals surface area contributed by atoms with Gasteiger partial charge in [0.1, 0.15) is 5.82 Å². The zero-order chi connectivity index (χ0) is 12.3. The fourth-order valence-electron chi connectivity index (χ4n) is 2.51. The fourth-order valence-corrected chi connectivity index (χ4v) is 2.51. The number of benzene rings is 1. The second kappa shape index (κ2) is 5.50. The van der Waals surface area contributed by atoms with Crippen molar-refractivity contribution >= 4 is 5.69 Å². The molecule has 0 saturated carbocycles. The second-order valence-corrected chi connectivity index (χ2v) is 4.98. The minimum atomic E-state index is -0.0800. The zero-order valence-electron chi connectivity index (χ0n) is 10.7. The second-order valence-electron chi connectivity index (χ2n) is 4.98. The summed E-state index contributed by atoms with van der Waals surface area (Å²) < 4.78 is 13.9. The van der Waals surface area contributed by atoms with Gasteiger partial charge in [-0.05, 0) is 37.9 Å².